The maximum atomic E-state index is 13.0. The molecular formula is C25H23N3O2S. The first kappa shape index (κ1) is 19.7. The highest BCUT2D eigenvalue weighted by atomic mass is 32.1. The summed E-state index contributed by atoms with van der Waals surface area (Å²) >= 11 is 1.75. The van der Waals surface area contributed by atoms with Crippen molar-refractivity contribution in [3.8, 4) is 10.4 Å². The highest BCUT2D eigenvalue weighted by Gasteiger charge is 2.39. The second-order valence-corrected chi connectivity index (χ2v) is 8.87. The van der Waals surface area contributed by atoms with E-state index in [2.05, 4.69) is 29.6 Å². The number of anilines is 1. The van der Waals surface area contributed by atoms with E-state index in [4.69, 9.17) is 5.73 Å². The maximum Gasteiger partial charge on any atom is 0.329 e. The summed E-state index contributed by atoms with van der Waals surface area (Å²) in [4.78, 5) is 28.2. The van der Waals surface area contributed by atoms with E-state index in [0.717, 1.165) is 29.2 Å². The Kier molecular flexibility index (Phi) is 5.18. The number of urea groups is 1. The number of carbonyl (C=O) groups excluding carboxylic acids is 2. The number of nitrogens with two attached hydrogens (primary N) is 1. The molecule has 2 heterocycles. The molecule has 0 aliphatic carbocycles. The minimum absolute atomic E-state index is 0.193. The number of amides is 3. The van der Waals surface area contributed by atoms with Crippen LogP contribution in [0.1, 0.15) is 19.3 Å². The Morgan fingerprint density at radius 2 is 1.71 bits per heavy atom. The van der Waals surface area contributed by atoms with E-state index in [-0.39, 0.29) is 11.9 Å². The normalized spacial score (nSPS) is 16.4. The van der Waals surface area contributed by atoms with Gasteiger partial charge in [0.05, 0.1) is 5.69 Å². The number of unbranched alkanes of at least 4 members (excludes halogenated alkanes) is 1. The van der Waals surface area contributed by atoms with E-state index in [1.165, 1.54) is 19.9 Å². The van der Waals surface area contributed by atoms with Crippen molar-refractivity contribution in [3.63, 3.8) is 0 Å². The van der Waals surface area contributed by atoms with Gasteiger partial charge in [-0.1, -0.05) is 48.5 Å². The van der Waals surface area contributed by atoms with Gasteiger partial charge in [-0.15, -0.1) is 11.3 Å². The minimum Gasteiger partial charge on any atom is -0.330 e. The van der Waals surface area contributed by atoms with Crippen LogP contribution >= 0.6 is 11.3 Å². The van der Waals surface area contributed by atoms with Crippen LogP contribution in [0, 0.1) is 0 Å². The van der Waals surface area contributed by atoms with Crippen molar-refractivity contribution in [1.82, 2.24) is 5.32 Å². The van der Waals surface area contributed by atoms with Gasteiger partial charge in [-0.05, 0) is 60.3 Å². The summed E-state index contributed by atoms with van der Waals surface area (Å²) in [6.07, 6.45) is 2.26. The highest BCUT2D eigenvalue weighted by molar-refractivity contribution is 7.22. The summed E-state index contributed by atoms with van der Waals surface area (Å²) in [6, 6.07) is 21.5. The predicted octanol–water partition coefficient (Wildman–Crippen LogP) is 5.28. The summed E-state index contributed by atoms with van der Waals surface area (Å²) in [6.45, 7) is 0.586. The van der Waals surface area contributed by atoms with Gasteiger partial charge in [0.2, 0.25) is 0 Å². The third-order valence-electron chi connectivity index (χ3n) is 5.80. The molecule has 1 saturated heterocycles. The zero-order chi connectivity index (χ0) is 21.4. The molecule has 1 aliphatic rings. The van der Waals surface area contributed by atoms with E-state index in [1.54, 1.807) is 11.3 Å². The quantitative estimate of drug-likeness (QED) is 0.324. The fourth-order valence-electron chi connectivity index (χ4n) is 4.26. The Morgan fingerprint density at radius 1 is 0.935 bits per heavy atom. The molecule has 0 unspecified atom stereocenters. The molecule has 3 amide bonds. The Morgan fingerprint density at radius 3 is 2.52 bits per heavy atom. The molecular weight excluding hydrogens is 406 g/mol. The van der Waals surface area contributed by atoms with E-state index in [1.807, 2.05) is 42.5 Å². The lowest BCUT2D eigenvalue weighted by molar-refractivity contribution is -0.118. The van der Waals surface area contributed by atoms with Crippen LogP contribution in [0.15, 0.2) is 66.7 Å². The smallest absolute Gasteiger partial charge is 0.329 e. The molecule has 0 radical (unpaired) electrons. The Bertz CT molecular complexity index is 1260. The molecule has 1 atom stereocenters. The SMILES string of the molecule is NCCCC[C@@H]1NC(=O)N(c2ccc(-c3cc4ccccc4s3)c3ccccc23)C1=O. The van der Waals surface area contributed by atoms with Crippen molar-refractivity contribution in [1.29, 1.82) is 0 Å². The van der Waals surface area contributed by atoms with Crippen molar-refractivity contribution in [2.45, 2.75) is 25.3 Å². The van der Waals surface area contributed by atoms with E-state index in [0.29, 0.717) is 18.7 Å². The number of fused-ring (bicyclic) bond motifs is 2. The number of benzene rings is 3. The number of imide groups is 1. The van der Waals surface area contributed by atoms with Gasteiger partial charge < -0.3 is 11.1 Å². The van der Waals surface area contributed by atoms with Crippen LogP contribution < -0.4 is 16.0 Å². The lowest BCUT2D eigenvalue weighted by Crippen LogP contribution is -2.31. The molecule has 4 aromatic rings. The van der Waals surface area contributed by atoms with E-state index >= 15 is 0 Å². The van der Waals surface area contributed by atoms with Gasteiger partial charge in [-0.25, -0.2) is 9.69 Å². The topological polar surface area (TPSA) is 75.4 Å². The summed E-state index contributed by atoms with van der Waals surface area (Å²) in [7, 11) is 0. The first-order chi connectivity index (χ1) is 15.2. The zero-order valence-electron chi connectivity index (χ0n) is 17.0. The fourth-order valence-corrected chi connectivity index (χ4v) is 5.36. The Balaban J connectivity index is 1.56. The average molecular weight is 430 g/mol. The molecule has 5 nitrogen and oxygen atoms in total. The minimum atomic E-state index is -0.486. The van der Waals surface area contributed by atoms with Crippen molar-refractivity contribution >= 4 is 49.8 Å². The molecule has 0 spiro atoms. The first-order valence-corrected chi connectivity index (χ1v) is 11.3. The lowest BCUT2D eigenvalue weighted by atomic mass is 10.0. The van der Waals surface area contributed by atoms with Crippen LogP contribution in [-0.4, -0.2) is 24.5 Å². The number of hydrogen-bond acceptors (Lipinski definition) is 4. The Labute approximate surface area is 184 Å². The van der Waals surface area contributed by atoms with Crippen LogP contribution in [0.25, 0.3) is 31.3 Å². The van der Waals surface area contributed by atoms with Crippen molar-refractivity contribution < 1.29 is 9.59 Å². The summed E-state index contributed by atoms with van der Waals surface area (Å²) in [5, 5.41) is 5.97. The molecule has 1 aromatic heterocycles. The molecule has 1 aliphatic heterocycles. The average Bonchev–Trinajstić information content (AvgIpc) is 3.34. The van der Waals surface area contributed by atoms with Gasteiger partial charge in [0.15, 0.2) is 0 Å². The predicted molar refractivity (Wildman–Crippen MR) is 127 cm³/mol. The van der Waals surface area contributed by atoms with Crippen LogP contribution in [0.5, 0.6) is 0 Å². The van der Waals surface area contributed by atoms with Gasteiger partial charge in [0, 0.05) is 15.0 Å². The monoisotopic (exact) mass is 429 g/mol. The Hall–Kier alpha value is -3.22. The fraction of sp³-hybridized carbons (Fsp3) is 0.200. The van der Waals surface area contributed by atoms with Crippen molar-refractivity contribution in [2.75, 3.05) is 11.4 Å². The molecule has 31 heavy (non-hydrogen) atoms. The van der Waals surface area contributed by atoms with E-state index in [9.17, 15) is 9.59 Å². The number of thiophene rings is 1. The van der Waals surface area contributed by atoms with Crippen LogP contribution in [0.4, 0.5) is 10.5 Å². The maximum absolute atomic E-state index is 13.0. The lowest BCUT2D eigenvalue weighted by Gasteiger charge is -2.17. The number of nitrogens with zero attached hydrogens (tertiary/aromatic N) is 1. The molecule has 0 saturated carbocycles. The van der Waals surface area contributed by atoms with Crippen LogP contribution in [0.3, 0.4) is 0 Å². The molecule has 5 rings (SSSR count). The molecule has 0 bridgehead atoms. The first-order valence-electron chi connectivity index (χ1n) is 10.5. The van der Waals surface area contributed by atoms with Crippen LogP contribution in [-0.2, 0) is 4.79 Å². The number of hydrogen-bond donors (Lipinski definition) is 2. The second kappa shape index (κ2) is 8.13. The van der Waals surface area contributed by atoms with Gasteiger partial charge >= 0.3 is 6.03 Å². The third-order valence-corrected chi connectivity index (χ3v) is 6.95. The molecule has 1 fully saturated rings. The molecule has 156 valence electrons. The van der Waals surface area contributed by atoms with Crippen LogP contribution in [0.2, 0.25) is 0 Å². The third kappa shape index (κ3) is 3.48. The van der Waals surface area contributed by atoms with Gasteiger partial charge in [-0.2, -0.15) is 0 Å². The number of carbonyl (C=O) groups is 2. The number of rotatable bonds is 6. The summed E-state index contributed by atoms with van der Waals surface area (Å²) in [5.41, 5.74) is 7.29. The molecule has 3 N–H and O–H groups in total. The van der Waals surface area contributed by atoms with E-state index < -0.39 is 6.04 Å². The molecule has 6 heteroatoms. The summed E-state index contributed by atoms with van der Waals surface area (Å²) < 4.78 is 1.24. The second-order valence-electron chi connectivity index (χ2n) is 7.79. The van der Waals surface area contributed by atoms with Crippen molar-refractivity contribution in [2.24, 2.45) is 5.73 Å². The number of nitrogens with one attached hydrogen (secondary N) is 1. The summed E-state index contributed by atoms with van der Waals surface area (Å²) in [5.74, 6) is -0.193. The van der Waals surface area contributed by atoms with Crippen molar-refractivity contribution in [3.05, 3.63) is 66.7 Å². The van der Waals surface area contributed by atoms with Gasteiger partial charge in [-0.3, -0.25) is 4.79 Å². The highest BCUT2D eigenvalue weighted by Crippen LogP contribution is 2.40. The largest absolute Gasteiger partial charge is 0.330 e. The standard InChI is InChI=1S/C25H23N3O2S/c26-14-6-5-10-20-24(29)28(25(30)27-20)21-13-12-19(17-8-2-3-9-18(17)21)23-15-16-7-1-4-11-22(16)31-23/h1-4,7-9,11-13,15,20H,5-6,10,14,26H2,(H,27,30)/t20-/m0/s1. The van der Waals surface area contributed by atoms with Gasteiger partial charge in [0.25, 0.3) is 5.91 Å². The van der Waals surface area contributed by atoms with Gasteiger partial charge in [0.1, 0.15) is 6.04 Å². The zero-order valence-corrected chi connectivity index (χ0v) is 17.8. The molecule has 3 aromatic carbocycles.